The Kier molecular flexibility index (Phi) is 5.62. The van der Waals surface area contributed by atoms with Crippen molar-refractivity contribution in [1.82, 2.24) is 15.3 Å². The molecule has 8 heteroatoms. The fourth-order valence-electron chi connectivity index (χ4n) is 2.78. The fourth-order valence-corrected chi connectivity index (χ4v) is 2.78. The van der Waals surface area contributed by atoms with E-state index in [1.54, 1.807) is 5.06 Å². The summed E-state index contributed by atoms with van der Waals surface area (Å²) in [5, 5.41) is 4.90. The lowest BCUT2D eigenvalue weighted by molar-refractivity contribution is -0.161. The molecule has 8 nitrogen and oxygen atoms in total. The molecule has 3 atom stereocenters. The predicted molar refractivity (Wildman–Crippen MR) is 82.8 cm³/mol. The zero-order chi connectivity index (χ0) is 16.3. The van der Waals surface area contributed by atoms with Crippen LogP contribution >= 0.6 is 0 Å². The monoisotopic (exact) mass is 315 g/mol. The van der Waals surface area contributed by atoms with E-state index in [9.17, 15) is 4.79 Å². The average Bonchev–Trinajstić information content (AvgIpc) is 2.40. The number of carbonyl (C=O) groups is 1. The highest BCUT2D eigenvalue weighted by atomic mass is 16.8. The third-order valence-electron chi connectivity index (χ3n) is 3.98. The average molecular weight is 315 g/mol. The summed E-state index contributed by atoms with van der Waals surface area (Å²) in [6, 6.07) is 0.369. The zero-order valence-corrected chi connectivity index (χ0v) is 13.7. The SMILES string of the molecule is CC(C)(C)OC(=O)ON1CCN(C2CNC(N)C(N)C2)CC1. The first-order valence-corrected chi connectivity index (χ1v) is 7.89. The highest BCUT2D eigenvalue weighted by Crippen LogP contribution is 2.15. The molecule has 2 rings (SSSR count). The summed E-state index contributed by atoms with van der Waals surface area (Å²) in [4.78, 5) is 19.2. The predicted octanol–water partition coefficient (Wildman–Crippen LogP) is -0.555. The molecule has 0 aromatic carbocycles. The number of hydrogen-bond donors (Lipinski definition) is 3. The van der Waals surface area contributed by atoms with Crippen LogP contribution in [0, 0.1) is 0 Å². The van der Waals surface area contributed by atoms with E-state index in [0.717, 1.165) is 26.1 Å². The van der Waals surface area contributed by atoms with E-state index in [2.05, 4.69) is 10.2 Å². The van der Waals surface area contributed by atoms with Gasteiger partial charge in [-0.1, -0.05) is 0 Å². The van der Waals surface area contributed by atoms with Crippen molar-refractivity contribution in [1.29, 1.82) is 0 Å². The standard InChI is InChI=1S/C14H29N5O3/c1-14(2,3)21-13(20)22-19-6-4-18(5-7-19)10-8-11(15)12(16)17-9-10/h10-12,17H,4-9,15-16H2,1-3H3. The van der Waals surface area contributed by atoms with Gasteiger partial charge in [-0.2, -0.15) is 0 Å². The van der Waals surface area contributed by atoms with Crippen LogP contribution in [0.4, 0.5) is 4.79 Å². The minimum Gasteiger partial charge on any atom is -0.427 e. The van der Waals surface area contributed by atoms with E-state index >= 15 is 0 Å². The van der Waals surface area contributed by atoms with Gasteiger partial charge in [0.2, 0.25) is 0 Å². The molecule has 0 aromatic rings. The molecule has 0 aromatic heterocycles. The molecule has 2 aliphatic heterocycles. The van der Waals surface area contributed by atoms with Crippen molar-refractivity contribution >= 4 is 6.16 Å². The summed E-state index contributed by atoms with van der Waals surface area (Å²) < 4.78 is 5.15. The van der Waals surface area contributed by atoms with Crippen molar-refractivity contribution in [3.8, 4) is 0 Å². The van der Waals surface area contributed by atoms with Gasteiger partial charge in [-0.15, -0.1) is 5.06 Å². The molecular formula is C14H29N5O3. The van der Waals surface area contributed by atoms with Crippen LogP contribution in [-0.4, -0.2) is 72.7 Å². The second-order valence-corrected chi connectivity index (χ2v) is 7.01. The van der Waals surface area contributed by atoms with E-state index in [1.807, 2.05) is 20.8 Å². The first kappa shape index (κ1) is 17.4. The summed E-state index contributed by atoms with van der Waals surface area (Å²) in [5.41, 5.74) is 11.3. The molecule has 0 aliphatic carbocycles. The molecule has 128 valence electrons. The van der Waals surface area contributed by atoms with Crippen LogP contribution in [0.15, 0.2) is 0 Å². The molecular weight excluding hydrogens is 286 g/mol. The normalized spacial score (nSPS) is 31.8. The Hall–Kier alpha value is -0.930. The first-order valence-electron chi connectivity index (χ1n) is 7.89. The number of rotatable bonds is 2. The lowest BCUT2D eigenvalue weighted by Crippen LogP contribution is -2.64. The molecule has 0 bridgehead atoms. The van der Waals surface area contributed by atoms with Crippen LogP contribution in [-0.2, 0) is 9.57 Å². The lowest BCUT2D eigenvalue weighted by Gasteiger charge is -2.42. The van der Waals surface area contributed by atoms with Crippen LogP contribution in [0.25, 0.3) is 0 Å². The summed E-state index contributed by atoms with van der Waals surface area (Å²) >= 11 is 0. The van der Waals surface area contributed by atoms with Crippen molar-refractivity contribution in [2.45, 2.75) is 51.0 Å². The molecule has 0 amide bonds. The van der Waals surface area contributed by atoms with Crippen LogP contribution in [0.5, 0.6) is 0 Å². The van der Waals surface area contributed by atoms with Gasteiger partial charge in [0.05, 0.1) is 6.17 Å². The van der Waals surface area contributed by atoms with Gasteiger partial charge in [0, 0.05) is 44.8 Å². The molecule has 22 heavy (non-hydrogen) atoms. The molecule has 0 saturated carbocycles. The molecule has 2 fully saturated rings. The Morgan fingerprint density at radius 2 is 1.82 bits per heavy atom. The Labute approximate surface area is 132 Å². The second kappa shape index (κ2) is 7.10. The molecule has 3 unspecified atom stereocenters. The molecule has 2 aliphatic rings. The Bertz CT molecular complexity index is 379. The van der Waals surface area contributed by atoms with E-state index in [1.165, 1.54) is 0 Å². The number of piperazine rings is 1. The zero-order valence-electron chi connectivity index (χ0n) is 13.7. The van der Waals surface area contributed by atoms with Crippen LogP contribution in [0.1, 0.15) is 27.2 Å². The van der Waals surface area contributed by atoms with Gasteiger partial charge in [-0.3, -0.25) is 10.2 Å². The van der Waals surface area contributed by atoms with Gasteiger partial charge >= 0.3 is 6.16 Å². The molecule has 0 radical (unpaired) electrons. The van der Waals surface area contributed by atoms with Gasteiger partial charge in [-0.05, 0) is 27.2 Å². The van der Waals surface area contributed by atoms with E-state index in [0.29, 0.717) is 19.1 Å². The summed E-state index contributed by atoms with van der Waals surface area (Å²) in [5.74, 6) is 0. The smallest absolute Gasteiger partial charge is 0.427 e. The minimum atomic E-state index is -0.645. The number of carbonyl (C=O) groups excluding carboxylic acids is 1. The topological polar surface area (TPSA) is 106 Å². The van der Waals surface area contributed by atoms with Crippen molar-refractivity contribution in [3.63, 3.8) is 0 Å². The number of nitrogens with two attached hydrogens (primary N) is 2. The third-order valence-corrected chi connectivity index (χ3v) is 3.98. The Morgan fingerprint density at radius 1 is 1.18 bits per heavy atom. The molecule has 2 heterocycles. The molecule has 2 saturated heterocycles. The van der Waals surface area contributed by atoms with Gasteiger partial charge in [0.25, 0.3) is 0 Å². The first-order chi connectivity index (χ1) is 10.2. The Morgan fingerprint density at radius 3 is 2.36 bits per heavy atom. The quantitative estimate of drug-likeness (QED) is 0.583. The summed E-state index contributed by atoms with van der Waals surface area (Å²) in [7, 11) is 0. The molecule has 5 N–H and O–H groups in total. The van der Waals surface area contributed by atoms with E-state index in [4.69, 9.17) is 21.0 Å². The van der Waals surface area contributed by atoms with Gasteiger partial charge < -0.3 is 21.0 Å². The number of nitrogens with zero attached hydrogens (tertiary/aromatic N) is 2. The van der Waals surface area contributed by atoms with Gasteiger partial charge in [0.15, 0.2) is 0 Å². The minimum absolute atomic E-state index is 0.0187. The van der Waals surface area contributed by atoms with Crippen molar-refractivity contribution in [2.24, 2.45) is 11.5 Å². The maximum absolute atomic E-state index is 11.6. The number of nitrogens with one attached hydrogen (secondary N) is 1. The summed E-state index contributed by atoms with van der Waals surface area (Å²) in [6.45, 7) is 9.28. The van der Waals surface area contributed by atoms with Gasteiger partial charge in [-0.25, -0.2) is 4.79 Å². The largest absolute Gasteiger partial charge is 0.528 e. The summed E-state index contributed by atoms with van der Waals surface area (Å²) in [6.07, 6.45) is 0.127. The van der Waals surface area contributed by atoms with Crippen LogP contribution in [0.3, 0.4) is 0 Å². The Balaban J connectivity index is 1.73. The van der Waals surface area contributed by atoms with Crippen LogP contribution < -0.4 is 16.8 Å². The number of ether oxygens (including phenoxy) is 1. The van der Waals surface area contributed by atoms with Crippen molar-refractivity contribution < 1.29 is 14.4 Å². The van der Waals surface area contributed by atoms with E-state index < -0.39 is 11.8 Å². The van der Waals surface area contributed by atoms with Crippen molar-refractivity contribution in [3.05, 3.63) is 0 Å². The maximum Gasteiger partial charge on any atom is 0.528 e. The lowest BCUT2D eigenvalue weighted by atomic mass is 9.99. The highest BCUT2D eigenvalue weighted by molar-refractivity contribution is 5.60. The molecule has 0 spiro atoms. The second-order valence-electron chi connectivity index (χ2n) is 7.01. The van der Waals surface area contributed by atoms with Gasteiger partial charge in [0.1, 0.15) is 5.60 Å². The van der Waals surface area contributed by atoms with Crippen molar-refractivity contribution in [2.75, 3.05) is 32.7 Å². The fraction of sp³-hybridized carbons (Fsp3) is 0.929. The maximum atomic E-state index is 11.6. The highest BCUT2D eigenvalue weighted by Gasteiger charge is 2.32. The van der Waals surface area contributed by atoms with E-state index in [-0.39, 0.29) is 12.2 Å². The third kappa shape index (κ3) is 5.06. The number of hydroxylamine groups is 2. The van der Waals surface area contributed by atoms with Crippen LogP contribution in [0.2, 0.25) is 0 Å². The number of piperidine rings is 1. The number of hydrogen-bond acceptors (Lipinski definition) is 8.